The Morgan fingerprint density at radius 2 is 2.47 bits per heavy atom. The van der Waals surface area contributed by atoms with Crippen LogP contribution in [0.2, 0.25) is 0 Å². The molecule has 2 heterocycles. The summed E-state index contributed by atoms with van der Waals surface area (Å²) in [6.45, 7) is 4.48. The zero-order chi connectivity index (χ0) is 10.7. The molecule has 1 aromatic rings. The Bertz CT molecular complexity index is 345. The van der Waals surface area contributed by atoms with Crippen molar-refractivity contribution in [1.82, 2.24) is 4.90 Å². The van der Waals surface area contributed by atoms with Crippen molar-refractivity contribution >= 4 is 22.9 Å². The van der Waals surface area contributed by atoms with Crippen LogP contribution in [0.3, 0.4) is 0 Å². The fourth-order valence-corrected chi connectivity index (χ4v) is 3.17. The maximum atomic E-state index is 5.62. The molecule has 1 unspecified atom stereocenters. The van der Waals surface area contributed by atoms with Crippen molar-refractivity contribution in [2.75, 3.05) is 19.0 Å². The summed E-state index contributed by atoms with van der Waals surface area (Å²) in [5.74, 6) is 0.617. The number of thiophene rings is 1. The molecule has 0 aliphatic carbocycles. The minimum Gasteiger partial charge on any atom is -0.293 e. The van der Waals surface area contributed by atoms with Crippen LogP contribution in [0.25, 0.3) is 0 Å². The van der Waals surface area contributed by atoms with Gasteiger partial charge in [0, 0.05) is 29.9 Å². The summed E-state index contributed by atoms with van der Waals surface area (Å²) in [7, 11) is 0. The smallest absolute Gasteiger partial charge is 0.0404 e. The zero-order valence-electron chi connectivity index (χ0n) is 8.95. The van der Waals surface area contributed by atoms with E-state index >= 15 is 0 Å². The lowest BCUT2D eigenvalue weighted by Crippen LogP contribution is -2.33. The molecule has 0 fully saturated rings. The predicted octanol–water partition coefficient (Wildman–Crippen LogP) is 3.46. The first-order valence-electron chi connectivity index (χ1n) is 5.34. The number of nitrogens with zero attached hydrogens (tertiary/aromatic N) is 1. The summed E-state index contributed by atoms with van der Waals surface area (Å²) >= 11 is 7.51. The van der Waals surface area contributed by atoms with Crippen molar-refractivity contribution in [2.45, 2.75) is 19.4 Å². The lowest BCUT2D eigenvalue weighted by molar-refractivity contribution is 0.223. The van der Waals surface area contributed by atoms with E-state index in [0.29, 0.717) is 11.9 Å². The molecule has 0 amide bonds. The van der Waals surface area contributed by atoms with Crippen LogP contribution in [-0.2, 0) is 6.42 Å². The number of hydrogen-bond acceptors (Lipinski definition) is 2. The molecule has 1 aliphatic rings. The molecular formula is C12H16ClNS. The van der Waals surface area contributed by atoms with Crippen LogP contribution in [0.4, 0.5) is 0 Å². The second-order valence-corrected chi connectivity index (χ2v) is 5.16. The monoisotopic (exact) mass is 241 g/mol. The average molecular weight is 242 g/mol. The lowest BCUT2D eigenvalue weighted by Gasteiger charge is -2.32. The quantitative estimate of drug-likeness (QED) is 0.579. The normalized spacial score (nSPS) is 22.1. The molecule has 15 heavy (non-hydrogen) atoms. The molecule has 0 N–H and O–H groups in total. The second-order valence-electron chi connectivity index (χ2n) is 3.85. The molecule has 0 saturated heterocycles. The number of alkyl halides is 1. The number of fused-ring (bicyclic) bond motifs is 1. The Kier molecular flexibility index (Phi) is 3.84. The molecule has 0 saturated carbocycles. The SMILES string of the molecule is CC1c2ccsc2CCN1CC=CCCl. The highest BCUT2D eigenvalue weighted by molar-refractivity contribution is 7.10. The van der Waals surface area contributed by atoms with Gasteiger partial charge in [-0.15, -0.1) is 22.9 Å². The molecule has 0 aromatic carbocycles. The summed E-state index contributed by atoms with van der Waals surface area (Å²) in [6.07, 6.45) is 5.39. The van der Waals surface area contributed by atoms with Gasteiger partial charge < -0.3 is 0 Å². The maximum absolute atomic E-state index is 5.62. The molecule has 2 rings (SSSR count). The largest absolute Gasteiger partial charge is 0.293 e. The third kappa shape index (κ3) is 2.44. The van der Waals surface area contributed by atoms with E-state index in [2.05, 4.69) is 29.3 Å². The summed E-state index contributed by atoms with van der Waals surface area (Å²) in [6, 6.07) is 2.82. The van der Waals surface area contributed by atoms with Gasteiger partial charge in [-0.05, 0) is 30.4 Å². The van der Waals surface area contributed by atoms with Gasteiger partial charge in [-0.1, -0.05) is 12.2 Å². The topological polar surface area (TPSA) is 3.24 Å². The van der Waals surface area contributed by atoms with Gasteiger partial charge in [0.15, 0.2) is 0 Å². The van der Waals surface area contributed by atoms with E-state index in [0.717, 1.165) is 6.54 Å². The molecule has 1 aromatic heterocycles. The highest BCUT2D eigenvalue weighted by Gasteiger charge is 2.23. The molecule has 0 spiro atoms. The molecule has 0 bridgehead atoms. The highest BCUT2D eigenvalue weighted by Crippen LogP contribution is 2.32. The van der Waals surface area contributed by atoms with Gasteiger partial charge in [0.05, 0.1) is 0 Å². The zero-order valence-corrected chi connectivity index (χ0v) is 10.5. The van der Waals surface area contributed by atoms with E-state index in [1.807, 2.05) is 17.4 Å². The van der Waals surface area contributed by atoms with Crippen LogP contribution in [0.5, 0.6) is 0 Å². The molecule has 0 radical (unpaired) electrons. The van der Waals surface area contributed by atoms with Gasteiger partial charge >= 0.3 is 0 Å². The van der Waals surface area contributed by atoms with Crippen LogP contribution in [-0.4, -0.2) is 23.9 Å². The van der Waals surface area contributed by atoms with Crippen molar-refractivity contribution in [1.29, 1.82) is 0 Å². The van der Waals surface area contributed by atoms with Crippen LogP contribution in [0.15, 0.2) is 23.6 Å². The third-order valence-corrected chi connectivity index (χ3v) is 4.17. The standard InChI is InChI=1S/C12H16ClNS/c1-10-11-5-9-15-12(11)4-8-14(10)7-3-2-6-13/h2-3,5,9-10H,4,6-8H2,1H3. The predicted molar refractivity (Wildman–Crippen MR) is 67.9 cm³/mol. The Labute approximate surface area is 100 Å². The van der Waals surface area contributed by atoms with E-state index in [4.69, 9.17) is 11.6 Å². The van der Waals surface area contributed by atoms with Gasteiger partial charge in [-0.2, -0.15) is 0 Å². The molecule has 1 nitrogen and oxygen atoms in total. The van der Waals surface area contributed by atoms with Crippen molar-refractivity contribution in [3.05, 3.63) is 34.0 Å². The molecule has 1 aliphatic heterocycles. The van der Waals surface area contributed by atoms with E-state index in [-0.39, 0.29) is 0 Å². The fraction of sp³-hybridized carbons (Fsp3) is 0.500. The van der Waals surface area contributed by atoms with Gasteiger partial charge in [-0.25, -0.2) is 0 Å². The highest BCUT2D eigenvalue weighted by atomic mass is 35.5. The van der Waals surface area contributed by atoms with E-state index < -0.39 is 0 Å². The number of hydrogen-bond donors (Lipinski definition) is 0. The van der Waals surface area contributed by atoms with E-state index in [1.165, 1.54) is 18.5 Å². The van der Waals surface area contributed by atoms with Gasteiger partial charge in [0.2, 0.25) is 0 Å². The fourth-order valence-electron chi connectivity index (χ4n) is 2.08. The Morgan fingerprint density at radius 3 is 3.27 bits per heavy atom. The maximum Gasteiger partial charge on any atom is 0.0404 e. The van der Waals surface area contributed by atoms with E-state index in [9.17, 15) is 0 Å². The van der Waals surface area contributed by atoms with Gasteiger partial charge in [0.1, 0.15) is 0 Å². The van der Waals surface area contributed by atoms with Crippen LogP contribution >= 0.6 is 22.9 Å². The second kappa shape index (κ2) is 5.15. The Morgan fingerprint density at radius 1 is 1.60 bits per heavy atom. The van der Waals surface area contributed by atoms with Crippen molar-refractivity contribution < 1.29 is 0 Å². The number of rotatable bonds is 3. The lowest BCUT2D eigenvalue weighted by atomic mass is 10.0. The average Bonchev–Trinajstić information content (AvgIpc) is 2.70. The Hall–Kier alpha value is -0.310. The summed E-state index contributed by atoms with van der Waals surface area (Å²) in [4.78, 5) is 4.07. The van der Waals surface area contributed by atoms with Gasteiger partial charge in [0.25, 0.3) is 0 Å². The molecular weight excluding hydrogens is 226 g/mol. The molecule has 82 valence electrons. The van der Waals surface area contributed by atoms with Crippen molar-refractivity contribution in [3.8, 4) is 0 Å². The third-order valence-electron chi connectivity index (χ3n) is 3.00. The van der Waals surface area contributed by atoms with Crippen molar-refractivity contribution in [3.63, 3.8) is 0 Å². The first kappa shape index (κ1) is 11.2. The Balaban J connectivity index is 2.03. The summed E-state index contributed by atoms with van der Waals surface area (Å²) < 4.78 is 0. The van der Waals surface area contributed by atoms with Crippen LogP contribution < -0.4 is 0 Å². The number of halogens is 1. The first-order chi connectivity index (χ1) is 7.33. The van der Waals surface area contributed by atoms with Gasteiger partial charge in [-0.3, -0.25) is 4.90 Å². The molecule has 1 atom stereocenters. The first-order valence-corrected chi connectivity index (χ1v) is 6.75. The number of allylic oxidation sites excluding steroid dienone is 1. The van der Waals surface area contributed by atoms with Crippen molar-refractivity contribution in [2.24, 2.45) is 0 Å². The summed E-state index contributed by atoms with van der Waals surface area (Å²) in [5, 5.41) is 2.21. The minimum absolute atomic E-state index is 0.556. The minimum atomic E-state index is 0.556. The molecule has 3 heteroatoms. The van der Waals surface area contributed by atoms with Crippen LogP contribution in [0.1, 0.15) is 23.4 Å². The summed E-state index contributed by atoms with van der Waals surface area (Å²) in [5.41, 5.74) is 1.52. The van der Waals surface area contributed by atoms with Crippen LogP contribution in [0, 0.1) is 0 Å². The van der Waals surface area contributed by atoms with E-state index in [1.54, 1.807) is 4.88 Å².